The van der Waals surface area contributed by atoms with Crippen molar-refractivity contribution in [3.8, 4) is 5.75 Å². The molecule has 1 unspecified atom stereocenters. The van der Waals surface area contributed by atoms with Gasteiger partial charge in [0.1, 0.15) is 11.5 Å². The maximum atomic E-state index is 13.2. The molecular formula is C25H17Cl2NO6. The largest absolute Gasteiger partial charge is 0.507 e. The lowest BCUT2D eigenvalue weighted by atomic mass is 9.95. The van der Waals surface area contributed by atoms with E-state index in [2.05, 4.69) is 0 Å². The van der Waals surface area contributed by atoms with Crippen LogP contribution in [0.15, 0.2) is 78.4 Å². The number of aliphatic hydroxyl groups excluding tert-OH is 1. The number of aliphatic carboxylic acids is 1. The Kier molecular flexibility index (Phi) is 6.58. The third-order valence-corrected chi connectivity index (χ3v) is 5.79. The van der Waals surface area contributed by atoms with Gasteiger partial charge in [-0.15, -0.1) is 0 Å². The van der Waals surface area contributed by atoms with E-state index in [1.807, 2.05) is 0 Å². The molecule has 3 aromatic carbocycles. The molecule has 0 aliphatic carbocycles. The lowest BCUT2D eigenvalue weighted by molar-refractivity contribution is -0.139. The number of rotatable bonds is 6. The molecule has 0 saturated carbocycles. The number of aliphatic hydroxyl groups is 1. The molecule has 172 valence electrons. The summed E-state index contributed by atoms with van der Waals surface area (Å²) in [6.45, 7) is -0.526. The summed E-state index contributed by atoms with van der Waals surface area (Å²) < 4.78 is 5.14. The van der Waals surface area contributed by atoms with Crippen LogP contribution in [0.25, 0.3) is 5.76 Å². The smallest absolute Gasteiger partial charge is 0.341 e. The molecule has 0 radical (unpaired) electrons. The predicted molar refractivity (Wildman–Crippen MR) is 127 cm³/mol. The molecule has 4 rings (SSSR count). The Morgan fingerprint density at radius 1 is 0.941 bits per heavy atom. The zero-order valence-electron chi connectivity index (χ0n) is 17.4. The van der Waals surface area contributed by atoms with Gasteiger partial charge in [0.25, 0.3) is 11.7 Å². The average molecular weight is 498 g/mol. The number of nitrogens with zero attached hydrogens (tertiary/aromatic N) is 1. The number of anilines is 1. The van der Waals surface area contributed by atoms with Crippen LogP contribution < -0.4 is 9.64 Å². The fourth-order valence-electron chi connectivity index (χ4n) is 3.72. The predicted octanol–water partition coefficient (Wildman–Crippen LogP) is 5.08. The van der Waals surface area contributed by atoms with Crippen LogP contribution in [0.3, 0.4) is 0 Å². The summed E-state index contributed by atoms with van der Waals surface area (Å²) in [7, 11) is 0. The second-order valence-corrected chi connectivity index (χ2v) is 8.22. The number of hydrogen-bond acceptors (Lipinski definition) is 5. The van der Waals surface area contributed by atoms with Crippen molar-refractivity contribution >= 4 is 52.3 Å². The fourth-order valence-corrected chi connectivity index (χ4v) is 4.23. The maximum absolute atomic E-state index is 13.2. The van der Waals surface area contributed by atoms with Gasteiger partial charge >= 0.3 is 5.97 Å². The van der Waals surface area contributed by atoms with Gasteiger partial charge in [-0.2, -0.15) is 0 Å². The number of benzene rings is 3. The fraction of sp³-hybridized carbons (Fsp3) is 0.0800. The number of halogens is 2. The minimum absolute atomic E-state index is 0.119. The number of carbonyl (C=O) groups excluding carboxylic acids is 2. The molecule has 1 heterocycles. The topological polar surface area (TPSA) is 104 Å². The van der Waals surface area contributed by atoms with Crippen LogP contribution in [0.1, 0.15) is 17.2 Å². The summed E-state index contributed by atoms with van der Waals surface area (Å²) in [5, 5.41) is 20.4. The number of ketones is 1. The molecule has 0 aromatic heterocycles. The van der Waals surface area contributed by atoms with Crippen LogP contribution in [0.5, 0.6) is 5.75 Å². The number of carboxylic acid groups (broad SMARTS) is 1. The Balaban J connectivity index is 1.86. The summed E-state index contributed by atoms with van der Waals surface area (Å²) in [4.78, 5) is 38.3. The van der Waals surface area contributed by atoms with Crippen molar-refractivity contribution in [2.24, 2.45) is 0 Å². The first-order valence-electron chi connectivity index (χ1n) is 10.0. The second-order valence-electron chi connectivity index (χ2n) is 7.38. The number of amides is 1. The summed E-state index contributed by atoms with van der Waals surface area (Å²) in [5.41, 5.74) is 0.974. The van der Waals surface area contributed by atoms with Gasteiger partial charge in [-0.05, 0) is 42.0 Å². The highest BCUT2D eigenvalue weighted by atomic mass is 35.5. The normalized spacial score (nSPS) is 17.1. The molecule has 1 aliphatic rings. The van der Waals surface area contributed by atoms with E-state index < -0.39 is 30.3 Å². The Hall–Kier alpha value is -3.81. The quantitative estimate of drug-likeness (QED) is 0.279. The van der Waals surface area contributed by atoms with Crippen molar-refractivity contribution in [3.63, 3.8) is 0 Å². The molecule has 1 amide bonds. The summed E-state index contributed by atoms with van der Waals surface area (Å²) in [6, 6.07) is 18.0. The molecular weight excluding hydrogens is 481 g/mol. The molecule has 0 spiro atoms. The van der Waals surface area contributed by atoms with E-state index in [1.54, 1.807) is 42.5 Å². The number of hydrogen-bond donors (Lipinski definition) is 2. The zero-order chi connectivity index (χ0) is 24.4. The Morgan fingerprint density at radius 3 is 2.24 bits per heavy atom. The van der Waals surface area contributed by atoms with Crippen LogP contribution >= 0.6 is 23.2 Å². The van der Waals surface area contributed by atoms with Crippen molar-refractivity contribution in [2.75, 3.05) is 11.5 Å². The first kappa shape index (κ1) is 23.4. The first-order chi connectivity index (χ1) is 16.3. The van der Waals surface area contributed by atoms with E-state index in [0.717, 1.165) is 0 Å². The van der Waals surface area contributed by atoms with E-state index in [-0.39, 0.29) is 22.1 Å². The minimum Gasteiger partial charge on any atom is -0.507 e. The van der Waals surface area contributed by atoms with Gasteiger partial charge in [0.2, 0.25) is 0 Å². The summed E-state index contributed by atoms with van der Waals surface area (Å²) in [6.07, 6.45) is 0. The van der Waals surface area contributed by atoms with Gasteiger partial charge in [-0.3, -0.25) is 14.5 Å². The highest BCUT2D eigenvalue weighted by Crippen LogP contribution is 2.44. The molecule has 1 atom stereocenters. The summed E-state index contributed by atoms with van der Waals surface area (Å²) in [5.74, 6) is -2.92. The van der Waals surface area contributed by atoms with Crippen LogP contribution in [0, 0.1) is 0 Å². The highest BCUT2D eigenvalue weighted by Gasteiger charge is 2.47. The van der Waals surface area contributed by atoms with Crippen molar-refractivity contribution < 1.29 is 29.3 Å². The van der Waals surface area contributed by atoms with E-state index in [0.29, 0.717) is 21.8 Å². The van der Waals surface area contributed by atoms with Gasteiger partial charge < -0.3 is 14.9 Å². The van der Waals surface area contributed by atoms with Crippen LogP contribution in [-0.4, -0.2) is 34.5 Å². The number of ether oxygens (including phenoxy) is 1. The molecule has 7 nitrogen and oxygen atoms in total. The first-order valence-corrected chi connectivity index (χ1v) is 10.8. The highest BCUT2D eigenvalue weighted by molar-refractivity contribution is 6.52. The standard InChI is InChI=1S/C25H17Cl2NO6/c26-15-6-11-18(19(27)12-15)22-21(23(31)14-4-2-1-3-5-14)24(32)25(33)28(22)16-7-9-17(10-8-16)34-13-20(29)30/h1-12,22,31H,13H2,(H,29,30). The Bertz CT molecular complexity index is 1300. The number of Topliss-reactive ketones (excluding diaryl/α,β-unsaturated/α-hetero) is 1. The molecule has 3 aromatic rings. The van der Waals surface area contributed by atoms with Crippen LogP contribution in [0.4, 0.5) is 5.69 Å². The molecule has 1 saturated heterocycles. The van der Waals surface area contributed by atoms with Gasteiger partial charge in [0, 0.05) is 21.3 Å². The minimum atomic E-state index is -1.13. The Morgan fingerprint density at radius 2 is 1.62 bits per heavy atom. The molecule has 1 aliphatic heterocycles. The van der Waals surface area contributed by atoms with E-state index >= 15 is 0 Å². The van der Waals surface area contributed by atoms with Gasteiger partial charge in [-0.25, -0.2) is 4.79 Å². The van der Waals surface area contributed by atoms with Crippen molar-refractivity contribution in [3.05, 3.63) is 99.5 Å². The van der Waals surface area contributed by atoms with Gasteiger partial charge in [0.15, 0.2) is 6.61 Å². The number of carbonyl (C=O) groups is 3. The third-order valence-electron chi connectivity index (χ3n) is 5.23. The molecule has 1 fully saturated rings. The van der Waals surface area contributed by atoms with Crippen molar-refractivity contribution in [1.29, 1.82) is 0 Å². The Labute approximate surface area is 204 Å². The van der Waals surface area contributed by atoms with Gasteiger partial charge in [-0.1, -0.05) is 59.6 Å². The average Bonchev–Trinajstić information content (AvgIpc) is 3.08. The van der Waals surface area contributed by atoms with E-state index in [1.165, 1.54) is 35.2 Å². The lowest BCUT2D eigenvalue weighted by Gasteiger charge is -2.26. The van der Waals surface area contributed by atoms with Gasteiger partial charge in [0.05, 0.1) is 11.6 Å². The second kappa shape index (κ2) is 9.59. The van der Waals surface area contributed by atoms with E-state index in [9.17, 15) is 19.5 Å². The van der Waals surface area contributed by atoms with Crippen molar-refractivity contribution in [2.45, 2.75) is 6.04 Å². The number of carboxylic acids is 1. The zero-order valence-corrected chi connectivity index (χ0v) is 19.0. The van der Waals surface area contributed by atoms with Crippen molar-refractivity contribution in [1.82, 2.24) is 0 Å². The summed E-state index contributed by atoms with van der Waals surface area (Å²) >= 11 is 12.5. The third kappa shape index (κ3) is 4.48. The van der Waals surface area contributed by atoms with E-state index in [4.69, 9.17) is 33.0 Å². The molecule has 0 bridgehead atoms. The maximum Gasteiger partial charge on any atom is 0.341 e. The monoisotopic (exact) mass is 497 g/mol. The van der Waals surface area contributed by atoms with Crippen LogP contribution in [-0.2, 0) is 14.4 Å². The molecule has 34 heavy (non-hydrogen) atoms. The molecule has 2 N–H and O–H groups in total. The lowest BCUT2D eigenvalue weighted by Crippen LogP contribution is -2.29. The molecule has 9 heteroatoms. The SMILES string of the molecule is O=C(O)COc1ccc(N2C(=O)C(=O)C(=C(O)c3ccccc3)C2c2ccc(Cl)cc2Cl)cc1. The van der Waals surface area contributed by atoms with Crippen LogP contribution in [0.2, 0.25) is 10.0 Å².